The van der Waals surface area contributed by atoms with Gasteiger partial charge in [0.15, 0.2) is 0 Å². The van der Waals surface area contributed by atoms with Crippen LogP contribution in [0.15, 0.2) is 29.2 Å². The maximum absolute atomic E-state index is 12.8. The molecular formula is C23H32N4O6S. The highest BCUT2D eigenvalue weighted by Crippen LogP contribution is 2.19. The first-order valence-electron chi connectivity index (χ1n) is 11.5. The first-order valence-corrected chi connectivity index (χ1v) is 13.0. The van der Waals surface area contributed by atoms with Gasteiger partial charge in [0.25, 0.3) is 5.91 Å². The zero-order chi connectivity index (χ0) is 24.6. The van der Waals surface area contributed by atoms with Crippen LogP contribution in [0.2, 0.25) is 0 Å². The van der Waals surface area contributed by atoms with Crippen molar-refractivity contribution in [2.45, 2.75) is 50.5 Å². The lowest BCUT2D eigenvalue weighted by molar-refractivity contribution is 0.0494. The van der Waals surface area contributed by atoms with E-state index in [9.17, 15) is 18.0 Å². The Labute approximate surface area is 200 Å². The third-order valence-electron chi connectivity index (χ3n) is 5.56. The third-order valence-corrected chi connectivity index (χ3v) is 6.99. The molecule has 0 bridgehead atoms. The molecule has 1 aromatic heterocycles. The minimum atomic E-state index is -3.56. The maximum Gasteiger partial charge on any atom is 0.338 e. The molecule has 1 aliphatic rings. The summed E-state index contributed by atoms with van der Waals surface area (Å²) < 4.78 is 38.6. The summed E-state index contributed by atoms with van der Waals surface area (Å²) in [5.41, 5.74) is 2.57. The highest BCUT2D eigenvalue weighted by Gasteiger charge is 2.23. The van der Waals surface area contributed by atoms with E-state index in [4.69, 9.17) is 9.47 Å². The lowest BCUT2D eigenvalue weighted by Crippen LogP contribution is -2.26. The molecule has 11 heteroatoms. The summed E-state index contributed by atoms with van der Waals surface area (Å²) in [6.07, 6.45) is 3.41. The SMILES string of the molecule is CCc1nn(CCCOC(=O)c2ccc(S(=O)(=O)NC)cc2)c2c1C(=O)NCCCOCCC2. The molecule has 0 saturated heterocycles. The van der Waals surface area contributed by atoms with E-state index in [1.165, 1.54) is 31.3 Å². The first-order chi connectivity index (χ1) is 16.4. The Morgan fingerprint density at radius 3 is 2.68 bits per heavy atom. The number of rotatable bonds is 8. The van der Waals surface area contributed by atoms with Gasteiger partial charge < -0.3 is 14.8 Å². The number of sulfonamides is 1. The minimum Gasteiger partial charge on any atom is -0.462 e. The minimum absolute atomic E-state index is 0.0742. The largest absolute Gasteiger partial charge is 0.462 e. The molecule has 0 unspecified atom stereocenters. The summed E-state index contributed by atoms with van der Waals surface area (Å²) in [5, 5.41) is 7.61. The number of carbonyl (C=O) groups is 2. The zero-order valence-corrected chi connectivity index (χ0v) is 20.4. The van der Waals surface area contributed by atoms with E-state index in [0.29, 0.717) is 51.1 Å². The molecule has 1 amide bonds. The van der Waals surface area contributed by atoms with Crippen LogP contribution in [0.3, 0.4) is 0 Å². The molecule has 34 heavy (non-hydrogen) atoms. The number of aryl methyl sites for hydroxylation is 2. The smallest absolute Gasteiger partial charge is 0.338 e. The molecule has 0 atom stereocenters. The molecule has 186 valence electrons. The van der Waals surface area contributed by atoms with Gasteiger partial charge >= 0.3 is 5.97 Å². The lowest BCUT2D eigenvalue weighted by atomic mass is 10.1. The summed E-state index contributed by atoms with van der Waals surface area (Å²) >= 11 is 0. The quantitative estimate of drug-likeness (QED) is 0.424. The van der Waals surface area contributed by atoms with Crippen LogP contribution in [0.4, 0.5) is 0 Å². The van der Waals surface area contributed by atoms with E-state index in [0.717, 1.165) is 24.2 Å². The molecule has 0 radical (unpaired) electrons. The van der Waals surface area contributed by atoms with Crippen LogP contribution in [-0.4, -0.2) is 63.5 Å². The standard InChI is InChI=1S/C23H32N4O6S/c1-3-19-21-20(7-4-14-32-15-5-12-25-22(21)28)27(26-19)13-6-16-33-23(29)17-8-10-18(11-9-17)34(30,31)24-2/h8-11,24H,3-7,12-16H2,1-2H3,(H,25,28). The molecule has 1 aromatic carbocycles. The number of hydrogen-bond donors (Lipinski definition) is 2. The topological polar surface area (TPSA) is 129 Å². The van der Waals surface area contributed by atoms with Crippen LogP contribution in [0.1, 0.15) is 58.3 Å². The molecule has 0 spiro atoms. The lowest BCUT2D eigenvalue weighted by Gasteiger charge is -2.10. The van der Waals surface area contributed by atoms with Crippen LogP contribution < -0.4 is 10.0 Å². The maximum atomic E-state index is 12.8. The average molecular weight is 493 g/mol. The summed E-state index contributed by atoms with van der Waals surface area (Å²) in [5.74, 6) is -0.630. The van der Waals surface area contributed by atoms with E-state index < -0.39 is 16.0 Å². The highest BCUT2D eigenvalue weighted by atomic mass is 32.2. The second-order valence-electron chi connectivity index (χ2n) is 7.89. The number of amides is 1. The Morgan fingerprint density at radius 1 is 1.24 bits per heavy atom. The summed E-state index contributed by atoms with van der Waals surface area (Å²) in [6, 6.07) is 5.56. The molecule has 2 heterocycles. The number of hydrogen-bond acceptors (Lipinski definition) is 7. The van der Waals surface area contributed by atoms with E-state index in [2.05, 4.69) is 15.1 Å². The van der Waals surface area contributed by atoms with E-state index in [1.54, 1.807) is 0 Å². The van der Waals surface area contributed by atoms with Gasteiger partial charge in [-0.1, -0.05) is 6.92 Å². The molecule has 3 rings (SSSR count). The molecule has 0 saturated carbocycles. The summed E-state index contributed by atoms with van der Waals surface area (Å²) in [6.45, 7) is 4.46. The average Bonchev–Trinajstić information content (AvgIpc) is 3.18. The zero-order valence-electron chi connectivity index (χ0n) is 19.6. The number of nitrogens with one attached hydrogen (secondary N) is 2. The summed E-state index contributed by atoms with van der Waals surface area (Å²) in [7, 11) is -2.24. The van der Waals surface area contributed by atoms with E-state index in [-0.39, 0.29) is 23.0 Å². The van der Waals surface area contributed by atoms with Crippen LogP contribution in [0.5, 0.6) is 0 Å². The van der Waals surface area contributed by atoms with E-state index >= 15 is 0 Å². The van der Waals surface area contributed by atoms with Gasteiger partial charge in [0.05, 0.1) is 34.0 Å². The Balaban J connectivity index is 1.62. The normalized spacial score (nSPS) is 15.2. The second-order valence-corrected chi connectivity index (χ2v) is 9.78. The van der Waals surface area contributed by atoms with Crippen molar-refractivity contribution in [1.82, 2.24) is 19.8 Å². The van der Waals surface area contributed by atoms with Crippen molar-refractivity contribution in [2.75, 3.05) is 33.4 Å². The predicted molar refractivity (Wildman–Crippen MR) is 125 cm³/mol. The second kappa shape index (κ2) is 12.1. The van der Waals surface area contributed by atoms with Crippen LogP contribution >= 0.6 is 0 Å². The van der Waals surface area contributed by atoms with Crippen LogP contribution in [-0.2, 0) is 38.9 Å². The number of nitrogens with zero attached hydrogens (tertiary/aromatic N) is 2. The number of aromatic nitrogens is 2. The molecule has 0 fully saturated rings. The number of esters is 1. The monoisotopic (exact) mass is 492 g/mol. The highest BCUT2D eigenvalue weighted by molar-refractivity contribution is 7.89. The van der Waals surface area contributed by atoms with Crippen molar-refractivity contribution in [1.29, 1.82) is 0 Å². The number of benzene rings is 1. The van der Waals surface area contributed by atoms with Gasteiger partial charge in [-0.2, -0.15) is 5.10 Å². The molecule has 2 N–H and O–H groups in total. The van der Waals surface area contributed by atoms with Gasteiger partial charge in [-0.25, -0.2) is 17.9 Å². The number of carbonyl (C=O) groups excluding carboxylic acids is 2. The van der Waals surface area contributed by atoms with Crippen molar-refractivity contribution in [3.63, 3.8) is 0 Å². The van der Waals surface area contributed by atoms with Crippen molar-refractivity contribution >= 4 is 21.9 Å². The Morgan fingerprint density at radius 2 is 1.97 bits per heavy atom. The van der Waals surface area contributed by atoms with Gasteiger partial charge in [0.1, 0.15) is 0 Å². The van der Waals surface area contributed by atoms with E-state index in [1.807, 2.05) is 11.6 Å². The Bertz CT molecular complexity index is 1100. The molecule has 10 nitrogen and oxygen atoms in total. The number of ether oxygens (including phenoxy) is 2. The van der Waals surface area contributed by atoms with Crippen molar-refractivity contribution in [2.24, 2.45) is 0 Å². The van der Waals surface area contributed by atoms with Gasteiger partial charge in [0, 0.05) is 32.7 Å². The molecular weight excluding hydrogens is 460 g/mol. The van der Waals surface area contributed by atoms with Gasteiger partial charge in [0.2, 0.25) is 10.0 Å². The fourth-order valence-corrected chi connectivity index (χ4v) is 4.49. The molecule has 0 aliphatic carbocycles. The fraction of sp³-hybridized carbons (Fsp3) is 0.522. The Kier molecular flexibility index (Phi) is 9.20. The van der Waals surface area contributed by atoms with Crippen molar-refractivity contribution in [3.8, 4) is 0 Å². The van der Waals surface area contributed by atoms with Crippen LogP contribution in [0.25, 0.3) is 0 Å². The van der Waals surface area contributed by atoms with Crippen LogP contribution in [0, 0.1) is 0 Å². The van der Waals surface area contributed by atoms with Crippen molar-refractivity contribution in [3.05, 3.63) is 46.8 Å². The van der Waals surface area contributed by atoms with Crippen molar-refractivity contribution < 1.29 is 27.5 Å². The molecule has 1 aliphatic heterocycles. The Hall–Kier alpha value is -2.76. The predicted octanol–water partition coefficient (Wildman–Crippen LogP) is 1.68. The third kappa shape index (κ3) is 6.43. The summed E-state index contributed by atoms with van der Waals surface area (Å²) in [4.78, 5) is 25.2. The molecule has 2 aromatic rings. The first kappa shape index (κ1) is 25.9. The van der Waals surface area contributed by atoms with Gasteiger partial charge in [-0.15, -0.1) is 0 Å². The number of fused-ring (bicyclic) bond motifs is 1. The van der Waals surface area contributed by atoms with Gasteiger partial charge in [-0.3, -0.25) is 9.48 Å². The van der Waals surface area contributed by atoms with Gasteiger partial charge in [-0.05, 0) is 57.0 Å². The fourth-order valence-electron chi connectivity index (χ4n) is 3.76.